The smallest absolute Gasteiger partial charge is 0.0582 e. The van der Waals surface area contributed by atoms with Gasteiger partial charge in [-0.2, -0.15) is 0 Å². The molecule has 0 aromatic carbocycles. The van der Waals surface area contributed by atoms with E-state index in [0.29, 0.717) is 11.8 Å². The van der Waals surface area contributed by atoms with Crippen molar-refractivity contribution in [3.63, 3.8) is 0 Å². The second-order valence-electron chi connectivity index (χ2n) is 4.47. The van der Waals surface area contributed by atoms with Gasteiger partial charge >= 0.3 is 0 Å². The Hall–Kier alpha value is -0.0500. The first-order valence-electron chi connectivity index (χ1n) is 5.15. The highest BCUT2D eigenvalue weighted by Gasteiger charge is 2.19. The van der Waals surface area contributed by atoms with Gasteiger partial charge in [0.25, 0.3) is 0 Å². The molecule has 84 valence electrons. The highest BCUT2D eigenvalue weighted by molar-refractivity contribution is 5.85. The lowest BCUT2D eigenvalue weighted by molar-refractivity contribution is 0.234. The van der Waals surface area contributed by atoms with E-state index in [1.54, 1.807) is 0 Å². The van der Waals surface area contributed by atoms with E-state index in [-0.39, 0.29) is 25.1 Å². The Morgan fingerprint density at radius 2 is 2.29 bits per heavy atom. The third kappa shape index (κ3) is 4.45. The summed E-state index contributed by atoms with van der Waals surface area (Å²) in [6, 6.07) is -0.0249. The van der Waals surface area contributed by atoms with Crippen LogP contribution in [0.3, 0.4) is 0 Å². The van der Waals surface area contributed by atoms with Crippen molar-refractivity contribution in [2.45, 2.75) is 39.2 Å². The molecule has 1 rings (SSSR count). The van der Waals surface area contributed by atoms with Crippen LogP contribution in [0.4, 0.5) is 0 Å². The summed E-state index contributed by atoms with van der Waals surface area (Å²) < 4.78 is 0. The van der Waals surface area contributed by atoms with Crippen LogP contribution in [0.2, 0.25) is 0 Å². The van der Waals surface area contributed by atoms with Gasteiger partial charge in [-0.25, -0.2) is 0 Å². The van der Waals surface area contributed by atoms with E-state index in [2.05, 4.69) is 19.9 Å². The van der Waals surface area contributed by atoms with Gasteiger partial charge in [0, 0.05) is 6.04 Å². The lowest BCUT2D eigenvalue weighted by Crippen LogP contribution is -2.28. The first-order valence-corrected chi connectivity index (χ1v) is 5.15. The minimum Gasteiger partial charge on any atom is -0.395 e. The fourth-order valence-electron chi connectivity index (χ4n) is 2.37. The zero-order chi connectivity index (χ0) is 9.84. The topological polar surface area (TPSA) is 46.2 Å². The molecule has 0 saturated carbocycles. The minimum absolute atomic E-state index is 0. The Morgan fingerprint density at radius 1 is 1.64 bits per heavy atom. The van der Waals surface area contributed by atoms with Gasteiger partial charge in [0.05, 0.1) is 6.61 Å². The van der Waals surface area contributed by atoms with Gasteiger partial charge in [-0.3, -0.25) is 0 Å². The maximum Gasteiger partial charge on any atom is 0.0582 e. The molecule has 3 atom stereocenters. The molecule has 14 heavy (non-hydrogen) atoms. The highest BCUT2D eigenvalue weighted by atomic mass is 35.5. The Balaban J connectivity index is 0.00000169. The average molecular weight is 220 g/mol. The fourth-order valence-corrected chi connectivity index (χ4v) is 2.37. The van der Waals surface area contributed by atoms with E-state index < -0.39 is 0 Å². The summed E-state index contributed by atoms with van der Waals surface area (Å²) in [7, 11) is 0. The Kier molecular flexibility index (Phi) is 6.41. The Bertz CT molecular complexity index is 194. The predicted molar refractivity (Wildman–Crippen MR) is 62.6 cm³/mol. The summed E-state index contributed by atoms with van der Waals surface area (Å²) in [5, 5.41) is 8.86. The van der Waals surface area contributed by atoms with Crippen LogP contribution in [-0.2, 0) is 0 Å². The number of rotatable bonds is 3. The molecule has 0 aliphatic heterocycles. The second-order valence-corrected chi connectivity index (χ2v) is 4.47. The molecule has 0 heterocycles. The number of allylic oxidation sites excluding steroid dienone is 2. The molecule has 0 radical (unpaired) electrons. The summed E-state index contributed by atoms with van der Waals surface area (Å²) in [6.45, 7) is 4.56. The van der Waals surface area contributed by atoms with E-state index in [1.807, 2.05) is 0 Å². The molecule has 0 spiro atoms. The summed E-state index contributed by atoms with van der Waals surface area (Å²) in [5.41, 5.74) is 7.21. The fraction of sp³-hybridized carbons (Fsp3) is 0.818. The van der Waals surface area contributed by atoms with Gasteiger partial charge in [-0.1, -0.05) is 18.6 Å². The standard InChI is InChI=1S/C11H21NO.ClH/c1-8-3-9(2)5-10(4-8)6-11(12)7-13;/h3,8,10-11,13H,4-7,12H2,1-2H3;1H. The lowest BCUT2D eigenvalue weighted by Gasteiger charge is -2.27. The van der Waals surface area contributed by atoms with Crippen molar-refractivity contribution >= 4 is 12.4 Å². The molecular weight excluding hydrogens is 198 g/mol. The molecular formula is C11H22ClNO. The lowest BCUT2D eigenvalue weighted by atomic mass is 9.80. The summed E-state index contributed by atoms with van der Waals surface area (Å²) in [4.78, 5) is 0. The Morgan fingerprint density at radius 3 is 2.79 bits per heavy atom. The third-order valence-electron chi connectivity index (χ3n) is 2.76. The van der Waals surface area contributed by atoms with Crippen molar-refractivity contribution in [3.05, 3.63) is 11.6 Å². The molecule has 3 unspecified atom stereocenters. The van der Waals surface area contributed by atoms with E-state index in [1.165, 1.54) is 12.0 Å². The largest absolute Gasteiger partial charge is 0.395 e. The van der Waals surface area contributed by atoms with Crippen LogP contribution in [-0.4, -0.2) is 17.8 Å². The first kappa shape index (κ1) is 13.9. The van der Waals surface area contributed by atoms with Gasteiger partial charge in [0.15, 0.2) is 0 Å². The zero-order valence-electron chi connectivity index (χ0n) is 9.07. The molecule has 0 aromatic heterocycles. The molecule has 0 fully saturated rings. The van der Waals surface area contributed by atoms with Crippen LogP contribution in [0.25, 0.3) is 0 Å². The highest BCUT2D eigenvalue weighted by Crippen LogP contribution is 2.30. The van der Waals surface area contributed by atoms with Crippen molar-refractivity contribution in [2.75, 3.05) is 6.61 Å². The monoisotopic (exact) mass is 219 g/mol. The van der Waals surface area contributed by atoms with Gasteiger partial charge < -0.3 is 10.8 Å². The third-order valence-corrected chi connectivity index (χ3v) is 2.76. The average Bonchev–Trinajstić information content (AvgIpc) is 2.02. The Labute approximate surface area is 93.0 Å². The van der Waals surface area contributed by atoms with Crippen LogP contribution in [0, 0.1) is 11.8 Å². The number of hydrogen-bond acceptors (Lipinski definition) is 2. The van der Waals surface area contributed by atoms with Crippen molar-refractivity contribution < 1.29 is 5.11 Å². The maximum absolute atomic E-state index is 8.86. The molecule has 1 aliphatic rings. The van der Waals surface area contributed by atoms with Gasteiger partial charge in [0.1, 0.15) is 0 Å². The van der Waals surface area contributed by atoms with Crippen LogP contribution < -0.4 is 5.73 Å². The van der Waals surface area contributed by atoms with Crippen LogP contribution in [0.15, 0.2) is 11.6 Å². The van der Waals surface area contributed by atoms with Crippen LogP contribution >= 0.6 is 12.4 Å². The number of nitrogens with two attached hydrogens (primary N) is 1. The molecule has 0 bridgehead atoms. The van der Waals surface area contributed by atoms with E-state index in [9.17, 15) is 0 Å². The second kappa shape index (κ2) is 6.44. The van der Waals surface area contributed by atoms with Gasteiger partial charge in [0.2, 0.25) is 0 Å². The molecule has 3 N–H and O–H groups in total. The summed E-state index contributed by atoms with van der Waals surface area (Å²) in [6.07, 6.45) is 5.70. The zero-order valence-corrected chi connectivity index (χ0v) is 9.89. The van der Waals surface area contributed by atoms with Crippen molar-refractivity contribution in [2.24, 2.45) is 17.6 Å². The van der Waals surface area contributed by atoms with E-state index in [0.717, 1.165) is 12.8 Å². The molecule has 1 aliphatic carbocycles. The SMILES string of the molecule is CC1=CC(C)CC(CC(N)CO)C1.Cl. The van der Waals surface area contributed by atoms with E-state index in [4.69, 9.17) is 10.8 Å². The minimum atomic E-state index is -0.0249. The summed E-state index contributed by atoms with van der Waals surface area (Å²) in [5.74, 6) is 1.37. The molecule has 2 nitrogen and oxygen atoms in total. The molecule has 0 aromatic rings. The summed E-state index contributed by atoms with van der Waals surface area (Å²) >= 11 is 0. The number of hydrogen-bond donors (Lipinski definition) is 2. The number of halogens is 1. The number of aliphatic hydroxyl groups is 1. The van der Waals surface area contributed by atoms with Crippen molar-refractivity contribution in [1.29, 1.82) is 0 Å². The quantitative estimate of drug-likeness (QED) is 0.715. The maximum atomic E-state index is 8.86. The molecule has 0 saturated heterocycles. The molecule has 0 amide bonds. The van der Waals surface area contributed by atoms with Crippen LogP contribution in [0.5, 0.6) is 0 Å². The normalized spacial score (nSPS) is 29.0. The van der Waals surface area contributed by atoms with Crippen LogP contribution in [0.1, 0.15) is 33.1 Å². The van der Waals surface area contributed by atoms with Crippen molar-refractivity contribution in [3.8, 4) is 0 Å². The van der Waals surface area contributed by atoms with E-state index >= 15 is 0 Å². The first-order chi connectivity index (χ1) is 6.11. The van der Waals surface area contributed by atoms with Crippen molar-refractivity contribution in [1.82, 2.24) is 0 Å². The number of aliphatic hydroxyl groups excluding tert-OH is 1. The van der Waals surface area contributed by atoms with Gasteiger partial charge in [-0.05, 0) is 38.0 Å². The molecule has 3 heteroatoms. The van der Waals surface area contributed by atoms with Gasteiger partial charge in [-0.15, -0.1) is 12.4 Å². The predicted octanol–water partition coefficient (Wildman–Crippen LogP) is 2.11.